The van der Waals surface area contributed by atoms with E-state index in [1.165, 1.54) is 22.4 Å². The van der Waals surface area contributed by atoms with Crippen LogP contribution >= 0.6 is 0 Å². The molecular weight excluding hydrogens is 256 g/mol. The van der Waals surface area contributed by atoms with Crippen molar-refractivity contribution in [1.82, 2.24) is 0 Å². The van der Waals surface area contributed by atoms with Crippen LogP contribution in [-0.2, 0) is 0 Å². The highest BCUT2D eigenvalue weighted by Crippen LogP contribution is 2.43. The number of nitrogens with zero attached hydrogens (tertiary/aromatic N) is 1. The Labute approximate surface area is 128 Å². The van der Waals surface area contributed by atoms with E-state index in [0.29, 0.717) is 5.92 Å². The largest absolute Gasteiger partial charge is 0.405 e. The van der Waals surface area contributed by atoms with Crippen LogP contribution in [0.3, 0.4) is 0 Å². The van der Waals surface area contributed by atoms with E-state index >= 15 is 0 Å². The third-order valence-corrected chi connectivity index (χ3v) is 3.77. The molecule has 1 aliphatic carbocycles. The first-order valence-corrected chi connectivity index (χ1v) is 7.40. The lowest BCUT2D eigenvalue weighted by Gasteiger charge is -2.11. The van der Waals surface area contributed by atoms with Gasteiger partial charge in [-0.3, -0.25) is 0 Å². The first-order chi connectivity index (χ1) is 10.2. The molecule has 2 N–H and O–H groups in total. The summed E-state index contributed by atoms with van der Waals surface area (Å²) < 4.78 is 0. The fourth-order valence-electron chi connectivity index (χ4n) is 2.47. The Bertz CT molecular complexity index is 586. The number of hydrogen-bond donors (Lipinski definition) is 1. The Balaban J connectivity index is 2.01. The van der Waals surface area contributed by atoms with Crippen molar-refractivity contribution < 1.29 is 0 Å². The molecule has 0 aliphatic heterocycles. The predicted molar refractivity (Wildman–Crippen MR) is 93.1 cm³/mol. The van der Waals surface area contributed by atoms with Gasteiger partial charge in [-0.2, -0.15) is 0 Å². The van der Waals surface area contributed by atoms with Gasteiger partial charge in [-0.25, -0.2) is 0 Å². The fourth-order valence-corrected chi connectivity index (χ4v) is 2.47. The maximum Gasteiger partial charge on any atom is 0.0361 e. The second-order valence-corrected chi connectivity index (χ2v) is 5.40. The molecular formula is C19H24N2. The summed E-state index contributed by atoms with van der Waals surface area (Å²) in [7, 11) is 4.11. The maximum absolute atomic E-state index is 5.34. The zero-order chi connectivity index (χ0) is 15.2. The molecule has 1 aromatic carbocycles. The van der Waals surface area contributed by atoms with Crippen LogP contribution in [0.5, 0.6) is 0 Å². The molecule has 0 bridgehead atoms. The van der Waals surface area contributed by atoms with Crippen molar-refractivity contribution in [3.63, 3.8) is 0 Å². The first kappa shape index (κ1) is 15.2. The molecule has 0 amide bonds. The van der Waals surface area contributed by atoms with Crippen LogP contribution < -0.4 is 10.6 Å². The Morgan fingerprint density at radius 3 is 2.38 bits per heavy atom. The molecule has 1 atom stereocenters. The van der Waals surface area contributed by atoms with Crippen LogP contribution in [-0.4, -0.2) is 14.1 Å². The minimum atomic E-state index is 0.503. The molecule has 110 valence electrons. The minimum absolute atomic E-state index is 0.503. The van der Waals surface area contributed by atoms with Crippen molar-refractivity contribution in [3.05, 3.63) is 71.5 Å². The normalized spacial score (nSPS) is 18.3. The van der Waals surface area contributed by atoms with E-state index in [1.807, 2.05) is 12.2 Å². The van der Waals surface area contributed by atoms with Gasteiger partial charge in [0.1, 0.15) is 0 Å². The van der Waals surface area contributed by atoms with Crippen LogP contribution in [0.15, 0.2) is 65.9 Å². The van der Waals surface area contributed by atoms with E-state index in [1.54, 1.807) is 6.20 Å². The molecule has 2 rings (SSSR count). The van der Waals surface area contributed by atoms with E-state index in [2.05, 4.69) is 68.4 Å². The van der Waals surface area contributed by atoms with Crippen molar-refractivity contribution in [2.75, 3.05) is 19.0 Å². The molecule has 2 heteroatoms. The van der Waals surface area contributed by atoms with Gasteiger partial charge in [-0.15, -0.1) is 0 Å². The van der Waals surface area contributed by atoms with Crippen molar-refractivity contribution in [1.29, 1.82) is 0 Å². The lowest BCUT2D eigenvalue weighted by molar-refractivity contribution is 1.04. The molecule has 0 heterocycles. The second kappa shape index (κ2) is 6.98. The molecule has 0 fully saturated rings. The highest BCUT2D eigenvalue weighted by Gasteiger charge is 2.29. The Kier molecular flexibility index (Phi) is 5.04. The van der Waals surface area contributed by atoms with Gasteiger partial charge in [0.2, 0.25) is 0 Å². The van der Waals surface area contributed by atoms with E-state index in [9.17, 15) is 0 Å². The van der Waals surface area contributed by atoms with Gasteiger partial charge in [0.15, 0.2) is 0 Å². The standard InChI is InChI=1S/C19H24N2/c1-4-17-18(7-5-6-14-20)19(17)13-10-15-8-11-16(12-9-15)21(2)3/h5-14,18H,4,20H2,1-3H3/b7-5-,13-10+,14-6-/t18-/m0/s1. The average molecular weight is 280 g/mol. The molecule has 0 unspecified atom stereocenters. The molecule has 0 spiro atoms. The van der Waals surface area contributed by atoms with Crippen LogP contribution in [0.2, 0.25) is 0 Å². The fraction of sp³-hybridized carbons (Fsp3) is 0.263. The predicted octanol–water partition coefficient (Wildman–Crippen LogP) is 4.13. The van der Waals surface area contributed by atoms with Crippen LogP contribution in [0.4, 0.5) is 5.69 Å². The summed E-state index contributed by atoms with van der Waals surface area (Å²) >= 11 is 0. The number of benzene rings is 1. The summed E-state index contributed by atoms with van der Waals surface area (Å²) in [6, 6.07) is 8.60. The summed E-state index contributed by atoms with van der Waals surface area (Å²) in [5.41, 5.74) is 10.8. The highest BCUT2D eigenvalue weighted by atomic mass is 15.1. The van der Waals surface area contributed by atoms with E-state index in [-0.39, 0.29) is 0 Å². The van der Waals surface area contributed by atoms with E-state index in [4.69, 9.17) is 5.73 Å². The van der Waals surface area contributed by atoms with Gasteiger partial charge in [0, 0.05) is 25.7 Å². The second-order valence-electron chi connectivity index (χ2n) is 5.40. The van der Waals surface area contributed by atoms with Crippen LogP contribution in [0.25, 0.3) is 6.08 Å². The first-order valence-electron chi connectivity index (χ1n) is 7.40. The van der Waals surface area contributed by atoms with Gasteiger partial charge in [0.25, 0.3) is 0 Å². The lowest BCUT2D eigenvalue weighted by atomic mass is 10.1. The molecule has 0 aromatic heterocycles. The molecule has 0 radical (unpaired) electrons. The van der Waals surface area contributed by atoms with E-state index < -0.39 is 0 Å². The maximum atomic E-state index is 5.34. The van der Waals surface area contributed by atoms with Crippen LogP contribution in [0, 0.1) is 5.92 Å². The van der Waals surface area contributed by atoms with Crippen molar-refractivity contribution >= 4 is 11.8 Å². The Morgan fingerprint density at radius 2 is 1.81 bits per heavy atom. The number of allylic oxidation sites excluding steroid dienone is 6. The SMILES string of the molecule is CCC1=C(/C=C/c2ccc(N(C)C)cc2)[C@H]1/C=C\C=C/N. The molecule has 1 aromatic rings. The topological polar surface area (TPSA) is 29.3 Å². The van der Waals surface area contributed by atoms with Gasteiger partial charge in [-0.1, -0.05) is 48.9 Å². The minimum Gasteiger partial charge on any atom is -0.405 e. The molecule has 0 saturated heterocycles. The Hall–Kier alpha value is -2.22. The number of rotatable bonds is 6. The molecule has 1 aliphatic rings. The van der Waals surface area contributed by atoms with Gasteiger partial charge < -0.3 is 10.6 Å². The highest BCUT2D eigenvalue weighted by molar-refractivity contribution is 5.63. The smallest absolute Gasteiger partial charge is 0.0361 e. The molecule has 2 nitrogen and oxygen atoms in total. The van der Waals surface area contributed by atoms with Gasteiger partial charge >= 0.3 is 0 Å². The summed E-state index contributed by atoms with van der Waals surface area (Å²) in [5.74, 6) is 0.503. The third-order valence-electron chi connectivity index (χ3n) is 3.77. The monoisotopic (exact) mass is 280 g/mol. The number of hydrogen-bond acceptors (Lipinski definition) is 2. The van der Waals surface area contributed by atoms with Crippen LogP contribution in [0.1, 0.15) is 18.9 Å². The van der Waals surface area contributed by atoms with Crippen molar-refractivity contribution in [3.8, 4) is 0 Å². The number of anilines is 1. The van der Waals surface area contributed by atoms with Crippen molar-refractivity contribution in [2.24, 2.45) is 11.7 Å². The lowest BCUT2D eigenvalue weighted by Crippen LogP contribution is -2.07. The van der Waals surface area contributed by atoms with Crippen molar-refractivity contribution in [2.45, 2.75) is 13.3 Å². The van der Waals surface area contributed by atoms with Gasteiger partial charge in [0.05, 0.1) is 0 Å². The number of nitrogens with two attached hydrogens (primary N) is 1. The summed E-state index contributed by atoms with van der Waals surface area (Å²) in [6.45, 7) is 2.21. The zero-order valence-electron chi connectivity index (χ0n) is 13.1. The third kappa shape index (κ3) is 3.88. The Morgan fingerprint density at radius 1 is 1.10 bits per heavy atom. The quantitative estimate of drug-likeness (QED) is 0.794. The summed E-state index contributed by atoms with van der Waals surface area (Å²) in [5, 5.41) is 0. The summed E-state index contributed by atoms with van der Waals surface area (Å²) in [4.78, 5) is 2.11. The summed E-state index contributed by atoms with van der Waals surface area (Å²) in [6.07, 6.45) is 13.2. The zero-order valence-corrected chi connectivity index (χ0v) is 13.1. The average Bonchev–Trinajstić information content (AvgIpc) is 3.17. The molecule has 0 saturated carbocycles. The van der Waals surface area contributed by atoms with Gasteiger partial charge in [-0.05, 0) is 42.0 Å². The molecule has 21 heavy (non-hydrogen) atoms. The van der Waals surface area contributed by atoms with E-state index in [0.717, 1.165) is 6.42 Å².